The number of hydrogen-bond donors (Lipinski definition) is 0. The highest BCUT2D eigenvalue weighted by Crippen LogP contribution is 2.37. The fourth-order valence-corrected chi connectivity index (χ4v) is 2.92. The van der Waals surface area contributed by atoms with Crippen LogP contribution < -0.4 is 0 Å². The van der Waals surface area contributed by atoms with Gasteiger partial charge in [-0.2, -0.15) is 0 Å². The number of Topliss-reactive ketones (excluding diaryl/α,β-unsaturated/α-hetero) is 1. The summed E-state index contributed by atoms with van der Waals surface area (Å²) in [7, 11) is 0. The molecule has 0 bridgehead atoms. The lowest BCUT2D eigenvalue weighted by Gasteiger charge is -2.25. The quantitative estimate of drug-likeness (QED) is 0.731. The first-order valence-corrected chi connectivity index (χ1v) is 7.73. The number of rotatable bonds is 3. The molecular weight excluding hydrogens is 334 g/mol. The molecule has 0 radical (unpaired) electrons. The van der Waals surface area contributed by atoms with Crippen LogP contribution in [0.15, 0.2) is 33.5 Å². The van der Waals surface area contributed by atoms with Gasteiger partial charge in [0.15, 0.2) is 5.78 Å². The minimum atomic E-state index is -0.500. The minimum absolute atomic E-state index is 0.0600. The average molecular weight is 354 g/mol. The van der Waals surface area contributed by atoms with Crippen LogP contribution in [0, 0.1) is 0 Å². The molecule has 0 saturated heterocycles. The Hall–Kier alpha value is -1.36. The van der Waals surface area contributed by atoms with Crippen molar-refractivity contribution < 1.29 is 14.3 Å². The summed E-state index contributed by atoms with van der Waals surface area (Å²) in [6.07, 6.45) is 4.61. The Bertz CT molecular complexity index is 579. The molecular formula is C16H20BrNO3. The topological polar surface area (TPSA) is 46.6 Å². The minimum Gasteiger partial charge on any atom is -0.459 e. The van der Waals surface area contributed by atoms with E-state index in [0.29, 0.717) is 13.0 Å². The molecule has 0 aromatic rings. The third kappa shape index (κ3) is 3.84. The summed E-state index contributed by atoms with van der Waals surface area (Å²) < 4.78 is 6.40. The Kier molecular flexibility index (Phi) is 4.42. The van der Waals surface area contributed by atoms with Gasteiger partial charge in [0, 0.05) is 24.2 Å². The maximum atomic E-state index is 12.0. The molecule has 21 heavy (non-hydrogen) atoms. The van der Waals surface area contributed by atoms with E-state index in [0.717, 1.165) is 21.3 Å². The number of nitrogens with zero attached hydrogens (tertiary/aromatic N) is 1. The molecule has 5 heteroatoms. The van der Waals surface area contributed by atoms with Crippen molar-refractivity contribution in [2.45, 2.75) is 39.7 Å². The molecule has 0 aromatic heterocycles. The van der Waals surface area contributed by atoms with E-state index in [1.165, 1.54) is 0 Å². The fraction of sp³-hybridized carbons (Fsp3) is 0.500. The van der Waals surface area contributed by atoms with Gasteiger partial charge >= 0.3 is 5.97 Å². The third-order valence-corrected chi connectivity index (χ3v) is 3.84. The highest BCUT2D eigenvalue weighted by molar-refractivity contribution is 9.11. The SMILES string of the molecule is CC(=O)C1=C2CC(Br)=CC=C2N(CC(=O)OC(C)(C)C)C1. The number of fused-ring (bicyclic) bond motifs is 1. The lowest BCUT2D eigenvalue weighted by atomic mass is 9.99. The summed E-state index contributed by atoms with van der Waals surface area (Å²) in [4.78, 5) is 25.7. The van der Waals surface area contributed by atoms with E-state index in [9.17, 15) is 9.59 Å². The van der Waals surface area contributed by atoms with Crippen LogP contribution >= 0.6 is 15.9 Å². The molecule has 2 aliphatic rings. The number of carbonyl (C=O) groups is 2. The van der Waals surface area contributed by atoms with Gasteiger partial charge in [0.1, 0.15) is 12.1 Å². The molecule has 0 N–H and O–H groups in total. The lowest BCUT2D eigenvalue weighted by Crippen LogP contribution is -2.33. The summed E-state index contributed by atoms with van der Waals surface area (Å²) in [5, 5.41) is 0. The van der Waals surface area contributed by atoms with Gasteiger partial charge in [-0.25, -0.2) is 0 Å². The molecule has 0 amide bonds. The zero-order chi connectivity index (χ0) is 15.8. The van der Waals surface area contributed by atoms with E-state index in [2.05, 4.69) is 15.9 Å². The summed E-state index contributed by atoms with van der Waals surface area (Å²) in [5.74, 6) is -0.217. The molecule has 0 saturated carbocycles. The van der Waals surface area contributed by atoms with Gasteiger partial charge in [-0.1, -0.05) is 15.9 Å². The van der Waals surface area contributed by atoms with Crippen molar-refractivity contribution in [2.24, 2.45) is 0 Å². The average Bonchev–Trinajstić information content (AvgIpc) is 2.64. The van der Waals surface area contributed by atoms with Gasteiger partial charge in [-0.3, -0.25) is 9.59 Å². The Labute approximate surface area is 133 Å². The molecule has 1 aliphatic carbocycles. The molecule has 114 valence electrons. The highest BCUT2D eigenvalue weighted by atomic mass is 79.9. The molecule has 0 unspecified atom stereocenters. The maximum absolute atomic E-state index is 12.0. The van der Waals surface area contributed by atoms with Crippen LogP contribution in [0.1, 0.15) is 34.1 Å². The predicted octanol–water partition coefficient (Wildman–Crippen LogP) is 3.10. The van der Waals surface area contributed by atoms with Crippen LogP contribution in [0.5, 0.6) is 0 Å². The third-order valence-electron chi connectivity index (χ3n) is 3.30. The van der Waals surface area contributed by atoms with Crippen molar-refractivity contribution in [1.29, 1.82) is 0 Å². The number of hydrogen-bond acceptors (Lipinski definition) is 4. The standard InChI is InChI=1S/C16H20BrNO3/c1-10(19)13-8-18(9-15(20)21-16(2,3)4)14-6-5-11(17)7-12(13)14/h5-6H,7-9H2,1-4H3. The molecule has 2 rings (SSSR count). The Morgan fingerprint density at radius 3 is 2.57 bits per heavy atom. The zero-order valence-corrected chi connectivity index (χ0v) is 14.4. The van der Waals surface area contributed by atoms with E-state index >= 15 is 0 Å². The molecule has 1 heterocycles. The normalized spacial score (nSPS) is 18.2. The van der Waals surface area contributed by atoms with E-state index in [-0.39, 0.29) is 18.3 Å². The van der Waals surface area contributed by atoms with E-state index in [4.69, 9.17) is 4.74 Å². The predicted molar refractivity (Wildman–Crippen MR) is 84.8 cm³/mol. The van der Waals surface area contributed by atoms with Crippen LogP contribution in [0.2, 0.25) is 0 Å². The van der Waals surface area contributed by atoms with Crippen LogP contribution in [-0.4, -0.2) is 35.3 Å². The van der Waals surface area contributed by atoms with Gasteiger partial charge < -0.3 is 9.64 Å². The number of carbonyl (C=O) groups excluding carboxylic acids is 2. The van der Waals surface area contributed by atoms with Crippen LogP contribution in [-0.2, 0) is 14.3 Å². The maximum Gasteiger partial charge on any atom is 0.326 e. The summed E-state index contributed by atoms with van der Waals surface area (Å²) >= 11 is 3.47. The first-order valence-electron chi connectivity index (χ1n) is 6.94. The fourth-order valence-electron chi connectivity index (χ4n) is 2.51. The monoisotopic (exact) mass is 353 g/mol. The number of ether oxygens (including phenoxy) is 1. The molecule has 1 aliphatic heterocycles. The molecule has 0 atom stereocenters. The van der Waals surface area contributed by atoms with Crippen molar-refractivity contribution in [3.05, 3.63) is 33.5 Å². The van der Waals surface area contributed by atoms with Crippen molar-refractivity contribution >= 4 is 27.7 Å². The second kappa shape index (κ2) is 5.79. The highest BCUT2D eigenvalue weighted by Gasteiger charge is 2.32. The first-order chi connectivity index (χ1) is 9.67. The van der Waals surface area contributed by atoms with E-state index < -0.39 is 5.60 Å². The zero-order valence-electron chi connectivity index (χ0n) is 12.8. The van der Waals surface area contributed by atoms with Crippen LogP contribution in [0.4, 0.5) is 0 Å². The Balaban J connectivity index is 2.17. The second-order valence-corrected chi connectivity index (χ2v) is 7.32. The smallest absolute Gasteiger partial charge is 0.326 e. The molecule has 0 spiro atoms. The van der Waals surface area contributed by atoms with Crippen LogP contribution in [0.3, 0.4) is 0 Å². The number of allylic oxidation sites excluding steroid dienone is 4. The van der Waals surface area contributed by atoms with Gasteiger partial charge in [0.2, 0.25) is 0 Å². The molecule has 4 nitrogen and oxygen atoms in total. The first kappa shape index (κ1) is 16.0. The van der Waals surface area contributed by atoms with E-state index in [1.54, 1.807) is 6.92 Å². The largest absolute Gasteiger partial charge is 0.459 e. The number of ketones is 1. The summed E-state index contributed by atoms with van der Waals surface area (Å²) in [5.41, 5.74) is 2.25. The van der Waals surface area contributed by atoms with E-state index in [1.807, 2.05) is 37.8 Å². The van der Waals surface area contributed by atoms with Gasteiger partial charge in [-0.05, 0) is 49.9 Å². The van der Waals surface area contributed by atoms with Gasteiger partial charge in [0.25, 0.3) is 0 Å². The second-order valence-electron chi connectivity index (χ2n) is 6.30. The Morgan fingerprint density at radius 2 is 2.00 bits per heavy atom. The number of halogens is 1. The van der Waals surface area contributed by atoms with Crippen LogP contribution in [0.25, 0.3) is 0 Å². The summed E-state index contributed by atoms with van der Waals surface area (Å²) in [6.45, 7) is 7.75. The molecule has 0 aromatic carbocycles. The van der Waals surface area contributed by atoms with Gasteiger partial charge in [0.05, 0.1) is 0 Å². The number of esters is 1. The van der Waals surface area contributed by atoms with Crippen molar-refractivity contribution in [2.75, 3.05) is 13.1 Å². The van der Waals surface area contributed by atoms with Gasteiger partial charge in [-0.15, -0.1) is 0 Å². The van der Waals surface area contributed by atoms with Crippen molar-refractivity contribution in [1.82, 2.24) is 4.90 Å². The lowest BCUT2D eigenvalue weighted by molar-refractivity contribution is -0.155. The Morgan fingerprint density at radius 1 is 1.33 bits per heavy atom. The molecule has 0 fully saturated rings. The summed E-state index contributed by atoms with van der Waals surface area (Å²) in [6, 6.07) is 0. The van der Waals surface area contributed by atoms with Crippen molar-refractivity contribution in [3.63, 3.8) is 0 Å². The van der Waals surface area contributed by atoms with Crippen molar-refractivity contribution in [3.8, 4) is 0 Å².